The Morgan fingerprint density at radius 2 is 1.79 bits per heavy atom. The van der Waals surface area contributed by atoms with Crippen molar-refractivity contribution in [2.45, 2.75) is 32.0 Å². The number of amides is 1. The van der Waals surface area contributed by atoms with E-state index in [2.05, 4.69) is 4.90 Å². The second-order valence-electron chi connectivity index (χ2n) is 9.51. The van der Waals surface area contributed by atoms with Gasteiger partial charge in [0, 0.05) is 50.2 Å². The normalized spacial score (nSPS) is 15.8. The second kappa shape index (κ2) is 11.1. The Morgan fingerprint density at radius 3 is 2.53 bits per heavy atom. The van der Waals surface area contributed by atoms with E-state index in [-0.39, 0.29) is 18.1 Å². The van der Waals surface area contributed by atoms with Crippen LogP contribution in [0.15, 0.2) is 53.3 Å². The van der Waals surface area contributed by atoms with Crippen molar-refractivity contribution in [3.63, 3.8) is 0 Å². The second-order valence-corrected chi connectivity index (χ2v) is 9.51. The largest absolute Gasteiger partial charge is 0.486 e. The van der Waals surface area contributed by atoms with Gasteiger partial charge in [0.05, 0.1) is 18.2 Å². The van der Waals surface area contributed by atoms with Crippen LogP contribution in [0.2, 0.25) is 0 Å². The van der Waals surface area contributed by atoms with Crippen LogP contribution in [-0.2, 0) is 17.8 Å². The van der Waals surface area contributed by atoms with Gasteiger partial charge in [0.1, 0.15) is 13.2 Å². The van der Waals surface area contributed by atoms with Gasteiger partial charge in [-0.15, -0.1) is 0 Å². The van der Waals surface area contributed by atoms with Crippen LogP contribution in [0.5, 0.6) is 11.5 Å². The molecule has 3 heterocycles. The van der Waals surface area contributed by atoms with E-state index in [1.165, 1.54) is 18.1 Å². The number of likely N-dealkylation sites (tertiary alicyclic amines) is 1. The summed E-state index contributed by atoms with van der Waals surface area (Å²) in [5.74, 6) is 0.889. The van der Waals surface area contributed by atoms with E-state index < -0.39 is 12.1 Å². The molecule has 2 aromatic carbocycles. The van der Waals surface area contributed by atoms with Crippen LogP contribution in [0.4, 0.5) is 4.79 Å². The average molecular weight is 522 g/mol. The molecule has 200 valence electrons. The van der Waals surface area contributed by atoms with E-state index >= 15 is 0 Å². The molecule has 10 nitrogen and oxygen atoms in total. The van der Waals surface area contributed by atoms with Gasteiger partial charge in [-0.05, 0) is 48.7 Å². The van der Waals surface area contributed by atoms with Crippen molar-refractivity contribution in [3.8, 4) is 11.5 Å². The number of hydrogen-bond donors (Lipinski definition) is 1. The molecule has 1 amide bonds. The number of carbonyl (C=O) groups is 2. The highest BCUT2D eigenvalue weighted by molar-refractivity contribution is 6.03. The zero-order valence-electron chi connectivity index (χ0n) is 21.3. The minimum atomic E-state index is -0.943. The number of pyridine rings is 1. The number of rotatable bonds is 7. The molecule has 1 N–H and O–H groups in total. The van der Waals surface area contributed by atoms with Crippen LogP contribution in [0.3, 0.4) is 0 Å². The number of piperidine rings is 1. The molecule has 0 saturated carbocycles. The number of nitrogens with zero attached hydrogens (tertiary/aromatic N) is 3. The van der Waals surface area contributed by atoms with Crippen LogP contribution in [0, 0.1) is 0 Å². The lowest BCUT2D eigenvalue weighted by Gasteiger charge is -2.37. The lowest BCUT2D eigenvalue weighted by atomic mass is 10.0. The first-order chi connectivity index (χ1) is 18.4. The number of esters is 1. The molecule has 2 aliphatic rings. The fourth-order valence-corrected chi connectivity index (χ4v) is 5.28. The Labute approximate surface area is 219 Å². The van der Waals surface area contributed by atoms with Gasteiger partial charge in [0.25, 0.3) is 5.56 Å². The van der Waals surface area contributed by atoms with E-state index in [0.29, 0.717) is 67.1 Å². The average Bonchev–Trinajstić information content (AvgIpc) is 2.94. The number of methoxy groups -OCH3 is 1. The molecule has 38 heavy (non-hydrogen) atoms. The highest BCUT2D eigenvalue weighted by Gasteiger charge is 2.28. The highest BCUT2D eigenvalue weighted by Crippen LogP contribution is 2.31. The maximum Gasteiger partial charge on any atom is 0.407 e. The molecule has 0 spiro atoms. The van der Waals surface area contributed by atoms with E-state index in [1.807, 2.05) is 24.3 Å². The molecule has 0 atom stereocenters. The van der Waals surface area contributed by atoms with E-state index in [4.69, 9.17) is 14.2 Å². The number of fused-ring (bicyclic) bond motifs is 2. The smallest absolute Gasteiger partial charge is 0.407 e. The molecular formula is C28H31N3O7. The molecule has 0 bridgehead atoms. The quantitative estimate of drug-likeness (QED) is 0.472. The number of aromatic nitrogens is 1. The topological polar surface area (TPSA) is 111 Å². The Kier molecular flexibility index (Phi) is 7.50. The summed E-state index contributed by atoms with van der Waals surface area (Å²) < 4.78 is 17.8. The molecule has 5 rings (SSSR count). The monoisotopic (exact) mass is 521 g/mol. The minimum absolute atomic E-state index is 0.0974. The van der Waals surface area contributed by atoms with Crippen molar-refractivity contribution >= 4 is 23.0 Å². The lowest BCUT2D eigenvalue weighted by molar-refractivity contribution is 0.0603. The fraction of sp³-hybridized carbons (Fsp3) is 0.393. The summed E-state index contributed by atoms with van der Waals surface area (Å²) in [6.07, 6.45) is 0.462. The van der Waals surface area contributed by atoms with Crippen molar-refractivity contribution < 1.29 is 28.9 Å². The van der Waals surface area contributed by atoms with Gasteiger partial charge in [-0.3, -0.25) is 4.79 Å². The van der Waals surface area contributed by atoms with Gasteiger partial charge in [-0.1, -0.05) is 12.1 Å². The first kappa shape index (κ1) is 25.6. The van der Waals surface area contributed by atoms with Gasteiger partial charge in [-0.2, -0.15) is 0 Å². The van der Waals surface area contributed by atoms with Crippen LogP contribution in [0.1, 0.15) is 28.8 Å². The molecular weight excluding hydrogens is 490 g/mol. The van der Waals surface area contributed by atoms with Gasteiger partial charge < -0.3 is 33.7 Å². The predicted octanol–water partition coefficient (Wildman–Crippen LogP) is 3.20. The molecule has 1 aromatic heterocycles. The summed E-state index contributed by atoms with van der Waals surface area (Å²) in [6.45, 7) is 3.83. The molecule has 1 fully saturated rings. The zero-order chi connectivity index (χ0) is 26.6. The number of benzene rings is 2. The third kappa shape index (κ3) is 5.31. The molecule has 3 aromatic rings. The van der Waals surface area contributed by atoms with E-state index in [9.17, 15) is 19.5 Å². The molecule has 1 saturated heterocycles. The summed E-state index contributed by atoms with van der Waals surface area (Å²) in [5.41, 5.74) is 1.84. The first-order valence-electron chi connectivity index (χ1n) is 12.8. The zero-order valence-corrected chi connectivity index (χ0v) is 21.3. The maximum atomic E-state index is 12.7. The molecule has 10 heteroatoms. The standard InChI is InChI=1S/C28H31N3O7/c1-36-27(33)22-3-2-4-23-21(22)6-8-26(32)30(23)14-13-29-11-9-20(10-12-29)31(28(34)35)18-19-5-7-24-25(17-19)38-16-15-37-24/h2-8,17,20H,9-16,18H2,1H3,(H,34,35). The summed E-state index contributed by atoms with van der Waals surface area (Å²) in [7, 11) is 1.34. The van der Waals surface area contributed by atoms with E-state index in [0.717, 1.165) is 18.7 Å². The third-order valence-corrected chi connectivity index (χ3v) is 7.28. The molecule has 0 aliphatic carbocycles. The van der Waals surface area contributed by atoms with Crippen LogP contribution in [0.25, 0.3) is 10.9 Å². The summed E-state index contributed by atoms with van der Waals surface area (Å²) >= 11 is 0. The van der Waals surface area contributed by atoms with Gasteiger partial charge in [0.15, 0.2) is 11.5 Å². The van der Waals surface area contributed by atoms with Crippen LogP contribution in [-0.4, -0.2) is 77.5 Å². The number of carboxylic acid groups (broad SMARTS) is 1. The van der Waals surface area contributed by atoms with Crippen LogP contribution >= 0.6 is 0 Å². The first-order valence-corrected chi connectivity index (χ1v) is 12.8. The molecule has 0 radical (unpaired) electrons. The number of ether oxygens (including phenoxy) is 3. The van der Waals surface area contributed by atoms with Crippen molar-refractivity contribution in [1.82, 2.24) is 14.4 Å². The Balaban J connectivity index is 1.22. The highest BCUT2D eigenvalue weighted by atomic mass is 16.6. The maximum absolute atomic E-state index is 12.7. The van der Waals surface area contributed by atoms with Gasteiger partial charge >= 0.3 is 12.1 Å². The SMILES string of the molecule is COC(=O)c1cccc2c1ccc(=O)n2CCN1CCC(N(Cc2ccc3c(c2)OCCO3)C(=O)O)CC1. The molecule has 0 unspecified atom stereocenters. The van der Waals surface area contributed by atoms with Crippen molar-refractivity contribution in [3.05, 3.63) is 70.0 Å². The van der Waals surface area contributed by atoms with Gasteiger partial charge in [0.2, 0.25) is 0 Å². The lowest BCUT2D eigenvalue weighted by Crippen LogP contribution is -2.47. The number of carbonyl (C=O) groups excluding carboxylic acids is 1. The fourth-order valence-electron chi connectivity index (χ4n) is 5.28. The number of hydrogen-bond acceptors (Lipinski definition) is 7. The predicted molar refractivity (Wildman–Crippen MR) is 140 cm³/mol. The summed E-state index contributed by atoms with van der Waals surface area (Å²) in [5, 5.41) is 10.6. The van der Waals surface area contributed by atoms with Gasteiger partial charge in [-0.25, -0.2) is 9.59 Å². The molecule has 2 aliphatic heterocycles. The van der Waals surface area contributed by atoms with Crippen LogP contribution < -0.4 is 15.0 Å². The Hall–Kier alpha value is -4.05. The van der Waals surface area contributed by atoms with Crippen molar-refractivity contribution in [1.29, 1.82) is 0 Å². The minimum Gasteiger partial charge on any atom is -0.486 e. The van der Waals surface area contributed by atoms with E-state index in [1.54, 1.807) is 22.8 Å². The van der Waals surface area contributed by atoms with Crippen molar-refractivity contribution in [2.75, 3.05) is 40.0 Å². The Morgan fingerprint density at radius 1 is 1.03 bits per heavy atom. The summed E-state index contributed by atoms with van der Waals surface area (Å²) in [6, 6.07) is 13.9. The Bertz CT molecular complexity index is 1390. The van der Waals surface area contributed by atoms with Crippen molar-refractivity contribution in [2.24, 2.45) is 0 Å². The summed E-state index contributed by atoms with van der Waals surface area (Å²) in [4.78, 5) is 40.7. The third-order valence-electron chi connectivity index (χ3n) is 7.28.